The van der Waals surface area contributed by atoms with E-state index in [1.165, 1.54) is 22.8 Å². The molecule has 152 valence electrons. The summed E-state index contributed by atoms with van der Waals surface area (Å²) in [5.74, 6) is -1.47. The van der Waals surface area contributed by atoms with Crippen LogP contribution in [0.3, 0.4) is 0 Å². The molecular formula is C20H15Cl2N5O3. The first-order valence-electron chi connectivity index (χ1n) is 8.77. The largest absolute Gasteiger partial charge is 0.493 e. The minimum absolute atomic E-state index is 0.115. The molecule has 2 N–H and O–H groups in total. The van der Waals surface area contributed by atoms with Crippen molar-refractivity contribution in [2.24, 2.45) is 10.2 Å². The second-order valence-corrected chi connectivity index (χ2v) is 6.99. The summed E-state index contributed by atoms with van der Waals surface area (Å²) in [7, 11) is 0. The van der Waals surface area contributed by atoms with Crippen LogP contribution < -0.4 is 5.32 Å². The number of halogens is 2. The molecule has 0 aliphatic rings. The van der Waals surface area contributed by atoms with Gasteiger partial charge in [0.15, 0.2) is 5.69 Å². The number of aromatic nitrogens is 1. The molecule has 2 aromatic carbocycles. The first kappa shape index (κ1) is 21.3. The van der Waals surface area contributed by atoms with E-state index in [-0.39, 0.29) is 35.1 Å². The summed E-state index contributed by atoms with van der Waals surface area (Å²) in [5, 5.41) is 30.3. The fourth-order valence-electron chi connectivity index (χ4n) is 2.82. The quantitative estimate of drug-likeness (QED) is 0.540. The zero-order valence-corrected chi connectivity index (χ0v) is 17.0. The summed E-state index contributed by atoms with van der Waals surface area (Å²) in [4.78, 5) is 24.2. The Labute approximate surface area is 181 Å². The third kappa shape index (κ3) is 4.59. The van der Waals surface area contributed by atoms with Crippen molar-refractivity contribution in [3.63, 3.8) is 0 Å². The van der Waals surface area contributed by atoms with Gasteiger partial charge in [0, 0.05) is 17.0 Å². The van der Waals surface area contributed by atoms with Gasteiger partial charge in [0.1, 0.15) is 6.54 Å². The van der Waals surface area contributed by atoms with Crippen LogP contribution in [0.2, 0.25) is 10.0 Å². The number of hydrogen-bond donors (Lipinski definition) is 2. The van der Waals surface area contributed by atoms with Gasteiger partial charge in [0.25, 0.3) is 11.8 Å². The number of para-hydroxylation sites is 1. The monoisotopic (exact) mass is 443 g/mol. The van der Waals surface area contributed by atoms with Gasteiger partial charge in [-0.25, -0.2) is 0 Å². The lowest BCUT2D eigenvalue weighted by Gasteiger charge is -2.05. The normalized spacial score (nSPS) is 11.0. The second-order valence-electron chi connectivity index (χ2n) is 6.15. The minimum atomic E-state index is -0.721. The second kappa shape index (κ2) is 9.39. The molecule has 0 atom stereocenters. The van der Waals surface area contributed by atoms with Crippen LogP contribution in [-0.2, 0) is 11.3 Å². The Kier molecular flexibility index (Phi) is 6.67. The molecule has 1 aromatic heterocycles. The maximum Gasteiger partial charge on any atom is 0.283 e. The molecule has 0 unspecified atom stereocenters. The van der Waals surface area contributed by atoms with Crippen LogP contribution in [0, 0.1) is 11.3 Å². The number of amides is 2. The van der Waals surface area contributed by atoms with Gasteiger partial charge in [0.2, 0.25) is 5.88 Å². The van der Waals surface area contributed by atoms with Crippen LogP contribution in [0.15, 0.2) is 52.7 Å². The average Bonchev–Trinajstić information content (AvgIpc) is 2.99. The molecule has 0 radical (unpaired) electrons. The van der Waals surface area contributed by atoms with Crippen molar-refractivity contribution in [3.8, 4) is 11.9 Å². The summed E-state index contributed by atoms with van der Waals surface area (Å²) < 4.78 is 1.53. The molecule has 1 heterocycles. The van der Waals surface area contributed by atoms with E-state index in [2.05, 4.69) is 15.5 Å². The molecule has 0 aliphatic heterocycles. The Hall–Kier alpha value is -3.41. The van der Waals surface area contributed by atoms with Crippen LogP contribution in [0.25, 0.3) is 10.9 Å². The first-order chi connectivity index (χ1) is 14.4. The summed E-state index contributed by atoms with van der Waals surface area (Å²) >= 11 is 11.8. The molecule has 2 amide bonds. The van der Waals surface area contributed by atoms with Gasteiger partial charge < -0.3 is 15.0 Å². The number of nitriles is 1. The third-order valence-electron chi connectivity index (χ3n) is 4.20. The van der Waals surface area contributed by atoms with Gasteiger partial charge in [0.05, 0.1) is 28.6 Å². The number of nitrogens with zero attached hydrogens (tertiary/aromatic N) is 4. The average molecular weight is 444 g/mol. The molecule has 3 rings (SSSR count). The zero-order chi connectivity index (χ0) is 21.7. The highest BCUT2D eigenvalue weighted by Crippen LogP contribution is 2.38. The Morgan fingerprint density at radius 1 is 1.20 bits per heavy atom. The Morgan fingerprint density at radius 2 is 1.97 bits per heavy atom. The number of benzene rings is 2. The van der Waals surface area contributed by atoms with E-state index < -0.39 is 18.4 Å². The van der Waals surface area contributed by atoms with E-state index in [9.17, 15) is 14.7 Å². The summed E-state index contributed by atoms with van der Waals surface area (Å²) in [6.45, 7) is -0.140. The number of aryl methyl sites for hydroxylation is 1. The van der Waals surface area contributed by atoms with Gasteiger partial charge in [-0.3, -0.25) is 9.59 Å². The van der Waals surface area contributed by atoms with Gasteiger partial charge in [-0.2, -0.15) is 5.26 Å². The van der Waals surface area contributed by atoms with Crippen LogP contribution in [0.1, 0.15) is 16.8 Å². The maximum absolute atomic E-state index is 12.2. The van der Waals surface area contributed by atoms with E-state index in [4.69, 9.17) is 28.5 Å². The van der Waals surface area contributed by atoms with E-state index >= 15 is 0 Å². The van der Waals surface area contributed by atoms with Gasteiger partial charge in [-0.1, -0.05) is 41.4 Å². The smallest absolute Gasteiger partial charge is 0.283 e. The standard InChI is InChI=1S/C20H15Cl2N5O3/c21-12-6-7-13(15(22)10-12)19(29)24-11-17(28)25-26-18-14-4-1-2-5-16(14)27(20(18)30)9-3-8-23/h1-2,4-7,10,30H,3,9,11H2,(H,24,29). The molecule has 3 aromatic rings. The lowest BCUT2D eigenvalue weighted by molar-refractivity contribution is -0.117. The number of fused-ring (bicyclic) bond motifs is 1. The van der Waals surface area contributed by atoms with Crippen molar-refractivity contribution in [3.05, 3.63) is 58.1 Å². The molecule has 0 bridgehead atoms. The molecule has 8 nitrogen and oxygen atoms in total. The predicted molar refractivity (Wildman–Crippen MR) is 112 cm³/mol. The Balaban J connectivity index is 1.73. The molecule has 30 heavy (non-hydrogen) atoms. The zero-order valence-electron chi connectivity index (χ0n) is 15.5. The lowest BCUT2D eigenvalue weighted by Crippen LogP contribution is -2.28. The SMILES string of the molecule is N#CCCn1c(O)c(N=NC(=O)CNC(=O)c2ccc(Cl)cc2Cl)c2ccccc21. The van der Waals surface area contributed by atoms with E-state index in [1.54, 1.807) is 24.3 Å². The Morgan fingerprint density at radius 3 is 2.70 bits per heavy atom. The van der Waals surface area contributed by atoms with Crippen LogP contribution in [0.4, 0.5) is 5.69 Å². The summed E-state index contributed by atoms with van der Waals surface area (Å²) in [5.41, 5.74) is 0.949. The van der Waals surface area contributed by atoms with E-state index in [0.29, 0.717) is 15.9 Å². The molecule has 0 saturated heterocycles. The molecular weight excluding hydrogens is 429 g/mol. The van der Waals surface area contributed by atoms with Gasteiger partial charge in [-0.15, -0.1) is 10.2 Å². The molecule has 0 saturated carbocycles. The van der Waals surface area contributed by atoms with Crippen LogP contribution in [0.5, 0.6) is 5.88 Å². The fraction of sp³-hybridized carbons (Fsp3) is 0.150. The number of nitrogens with one attached hydrogen (secondary N) is 1. The van der Waals surface area contributed by atoms with Crippen molar-refractivity contribution >= 4 is 51.6 Å². The number of aromatic hydroxyl groups is 1. The molecule has 0 spiro atoms. The third-order valence-corrected chi connectivity index (χ3v) is 4.75. The highest BCUT2D eigenvalue weighted by atomic mass is 35.5. The number of carbonyl (C=O) groups is 2. The minimum Gasteiger partial charge on any atom is -0.493 e. The maximum atomic E-state index is 12.2. The van der Waals surface area contributed by atoms with Crippen molar-refractivity contribution in [1.82, 2.24) is 9.88 Å². The summed E-state index contributed by atoms with van der Waals surface area (Å²) in [6.07, 6.45) is 0.195. The fourth-order valence-corrected chi connectivity index (χ4v) is 3.32. The van der Waals surface area contributed by atoms with Gasteiger partial charge >= 0.3 is 0 Å². The predicted octanol–water partition coefficient (Wildman–Crippen LogP) is 4.61. The van der Waals surface area contributed by atoms with Crippen molar-refractivity contribution in [1.29, 1.82) is 5.26 Å². The number of rotatable bonds is 6. The highest BCUT2D eigenvalue weighted by molar-refractivity contribution is 6.36. The van der Waals surface area contributed by atoms with Crippen molar-refractivity contribution in [2.75, 3.05) is 6.54 Å². The van der Waals surface area contributed by atoms with Crippen molar-refractivity contribution in [2.45, 2.75) is 13.0 Å². The summed E-state index contributed by atoms with van der Waals surface area (Å²) in [6, 6.07) is 13.4. The van der Waals surface area contributed by atoms with E-state index in [0.717, 1.165) is 0 Å². The number of carbonyl (C=O) groups excluding carboxylic acids is 2. The number of hydrogen-bond acceptors (Lipinski definition) is 5. The van der Waals surface area contributed by atoms with Crippen LogP contribution >= 0.6 is 23.2 Å². The van der Waals surface area contributed by atoms with Gasteiger partial charge in [-0.05, 0) is 24.3 Å². The highest BCUT2D eigenvalue weighted by Gasteiger charge is 2.17. The topological polar surface area (TPSA) is 120 Å². The molecule has 0 aliphatic carbocycles. The molecule has 10 heteroatoms. The van der Waals surface area contributed by atoms with Crippen molar-refractivity contribution < 1.29 is 14.7 Å². The number of azo groups is 1. The lowest BCUT2D eigenvalue weighted by atomic mass is 10.2. The van der Waals surface area contributed by atoms with Crippen LogP contribution in [-0.4, -0.2) is 28.0 Å². The molecule has 0 fully saturated rings. The van der Waals surface area contributed by atoms with E-state index in [1.807, 2.05) is 6.07 Å². The Bertz CT molecular complexity index is 1200. The first-order valence-corrected chi connectivity index (χ1v) is 9.53.